The Balaban J connectivity index is 1.37. The molecule has 0 spiro atoms. The van der Waals surface area contributed by atoms with Gasteiger partial charge in [0.1, 0.15) is 6.04 Å². The molecule has 1 saturated heterocycles. The number of nitrogens with zero attached hydrogens (tertiary/aromatic N) is 7. The molecule has 2 aromatic heterocycles. The van der Waals surface area contributed by atoms with Crippen LogP contribution in [0, 0.1) is 24.0 Å². The van der Waals surface area contributed by atoms with Crippen LogP contribution in [0.15, 0.2) is 47.3 Å². The molecule has 0 bridgehead atoms. The molecule has 0 unspecified atom stereocenters. The van der Waals surface area contributed by atoms with Crippen LogP contribution in [-0.4, -0.2) is 61.2 Å². The van der Waals surface area contributed by atoms with Gasteiger partial charge < -0.3 is 9.88 Å². The highest BCUT2D eigenvalue weighted by atomic mass is 16.6. The van der Waals surface area contributed by atoms with Gasteiger partial charge in [-0.25, -0.2) is 4.68 Å². The molecule has 11 heteroatoms. The number of anilines is 1. The molecule has 3 heterocycles. The smallest absolute Gasteiger partial charge is 0.269 e. The summed E-state index contributed by atoms with van der Waals surface area (Å²) in [6.45, 7) is 6.89. The Hall–Kier alpha value is -4.12. The average Bonchev–Trinajstić information content (AvgIpc) is 3.62. The summed E-state index contributed by atoms with van der Waals surface area (Å²) in [5.41, 5.74) is 4.59. The molecule has 0 amide bonds. The predicted octanol–water partition coefficient (Wildman–Crippen LogP) is 4.07. The number of nitro groups is 1. The van der Waals surface area contributed by atoms with Gasteiger partial charge >= 0.3 is 0 Å². The average molecular weight is 529 g/mol. The summed E-state index contributed by atoms with van der Waals surface area (Å²) in [6, 6.07) is 12.7. The Morgan fingerprint density at radius 3 is 2.44 bits per heavy atom. The lowest BCUT2D eigenvalue weighted by molar-refractivity contribution is -0.384. The summed E-state index contributed by atoms with van der Waals surface area (Å²) in [4.78, 5) is 31.9. The van der Waals surface area contributed by atoms with Gasteiger partial charge in [0.15, 0.2) is 5.82 Å². The lowest BCUT2D eigenvalue weighted by Gasteiger charge is -2.39. The van der Waals surface area contributed by atoms with Crippen molar-refractivity contribution < 1.29 is 4.92 Å². The molecule has 1 aliphatic carbocycles. The predicted molar refractivity (Wildman–Crippen MR) is 148 cm³/mol. The quantitative estimate of drug-likeness (QED) is 0.293. The van der Waals surface area contributed by atoms with E-state index in [1.165, 1.54) is 0 Å². The summed E-state index contributed by atoms with van der Waals surface area (Å²) in [6.07, 6.45) is 4.37. The standard InChI is InChI=1S/C28H32N8O3/c1-18-15-19(2)23-17-24(28(37)29-25(23)16-18)26(27-30-31-32-35(27)21-5-3-4-6-21)34-13-11-33(12-14-34)20-7-9-22(10-8-20)36(38)39/h7-10,15-17,21,26H,3-6,11-14H2,1-2H3,(H,29,37)/t26-/m0/s1. The van der Waals surface area contributed by atoms with Gasteiger partial charge in [-0.3, -0.25) is 19.8 Å². The normalized spacial score (nSPS) is 17.6. The molecule has 39 heavy (non-hydrogen) atoms. The van der Waals surface area contributed by atoms with Crippen LogP contribution in [0.1, 0.15) is 60.3 Å². The molecule has 1 atom stereocenters. The van der Waals surface area contributed by atoms with E-state index in [9.17, 15) is 14.9 Å². The summed E-state index contributed by atoms with van der Waals surface area (Å²) in [5.74, 6) is 0.709. The molecule has 0 radical (unpaired) electrons. The number of fused-ring (bicyclic) bond motifs is 1. The second-order valence-corrected chi connectivity index (χ2v) is 10.7. The lowest BCUT2D eigenvalue weighted by Crippen LogP contribution is -2.49. The fourth-order valence-corrected chi connectivity index (χ4v) is 6.20. The van der Waals surface area contributed by atoms with Gasteiger partial charge in [0.25, 0.3) is 11.2 Å². The van der Waals surface area contributed by atoms with E-state index in [2.05, 4.69) is 43.3 Å². The number of tetrazole rings is 1. The fourth-order valence-electron chi connectivity index (χ4n) is 6.20. The first kappa shape index (κ1) is 25.2. The van der Waals surface area contributed by atoms with Crippen LogP contribution in [0.2, 0.25) is 0 Å². The van der Waals surface area contributed by atoms with Gasteiger partial charge in [-0.2, -0.15) is 0 Å². The molecular formula is C28H32N8O3. The van der Waals surface area contributed by atoms with Gasteiger partial charge in [0.05, 0.1) is 11.0 Å². The minimum atomic E-state index is -0.395. The first-order chi connectivity index (χ1) is 18.9. The highest BCUT2D eigenvalue weighted by molar-refractivity contribution is 5.83. The maximum absolute atomic E-state index is 13.6. The summed E-state index contributed by atoms with van der Waals surface area (Å²) >= 11 is 0. The number of benzene rings is 2. The zero-order valence-corrected chi connectivity index (χ0v) is 22.2. The number of nitrogens with one attached hydrogen (secondary N) is 1. The number of aromatic nitrogens is 5. The summed E-state index contributed by atoms with van der Waals surface area (Å²) < 4.78 is 1.95. The van der Waals surface area contributed by atoms with Crippen LogP contribution >= 0.6 is 0 Å². The molecule has 1 aliphatic heterocycles. The topological polar surface area (TPSA) is 126 Å². The maximum Gasteiger partial charge on any atom is 0.269 e. The minimum Gasteiger partial charge on any atom is -0.369 e. The van der Waals surface area contributed by atoms with Crippen molar-refractivity contribution in [1.29, 1.82) is 0 Å². The van der Waals surface area contributed by atoms with E-state index in [0.29, 0.717) is 37.6 Å². The van der Waals surface area contributed by atoms with Gasteiger partial charge in [0, 0.05) is 60.5 Å². The first-order valence-electron chi connectivity index (χ1n) is 13.5. The lowest BCUT2D eigenvalue weighted by atomic mass is 9.99. The van der Waals surface area contributed by atoms with E-state index in [1.807, 2.05) is 23.7 Å². The van der Waals surface area contributed by atoms with E-state index in [4.69, 9.17) is 0 Å². The van der Waals surface area contributed by atoms with Crippen molar-refractivity contribution in [1.82, 2.24) is 30.1 Å². The van der Waals surface area contributed by atoms with Gasteiger partial charge in [0.2, 0.25) is 0 Å². The van der Waals surface area contributed by atoms with Crippen molar-refractivity contribution in [2.45, 2.75) is 51.6 Å². The van der Waals surface area contributed by atoms with Crippen molar-refractivity contribution in [2.24, 2.45) is 0 Å². The molecule has 2 aromatic carbocycles. The first-order valence-corrected chi connectivity index (χ1v) is 13.5. The second-order valence-electron chi connectivity index (χ2n) is 10.7. The highest BCUT2D eigenvalue weighted by Gasteiger charge is 2.35. The molecule has 4 aromatic rings. The molecule has 202 valence electrons. The molecule has 1 N–H and O–H groups in total. The van der Waals surface area contributed by atoms with E-state index in [0.717, 1.165) is 53.4 Å². The van der Waals surface area contributed by atoms with Crippen molar-refractivity contribution in [3.63, 3.8) is 0 Å². The third kappa shape index (κ3) is 4.78. The number of non-ortho nitro benzene ring substituents is 1. The van der Waals surface area contributed by atoms with Crippen LogP contribution in [0.4, 0.5) is 11.4 Å². The number of hydrogen-bond acceptors (Lipinski definition) is 8. The molecular weight excluding hydrogens is 496 g/mol. The number of H-pyrrole nitrogens is 1. The number of pyridine rings is 1. The van der Waals surface area contributed by atoms with Crippen molar-refractivity contribution >= 4 is 22.3 Å². The van der Waals surface area contributed by atoms with E-state index in [1.54, 1.807) is 24.3 Å². The zero-order valence-electron chi connectivity index (χ0n) is 22.2. The molecule has 6 rings (SSSR count). The summed E-state index contributed by atoms with van der Waals surface area (Å²) in [7, 11) is 0. The third-order valence-corrected chi connectivity index (χ3v) is 8.17. The summed E-state index contributed by atoms with van der Waals surface area (Å²) in [5, 5.41) is 25.1. The number of rotatable bonds is 6. The Morgan fingerprint density at radius 2 is 1.74 bits per heavy atom. The Bertz CT molecular complexity index is 1560. The van der Waals surface area contributed by atoms with Gasteiger partial charge in [-0.05, 0) is 72.5 Å². The maximum atomic E-state index is 13.6. The van der Waals surface area contributed by atoms with Crippen molar-refractivity contribution in [2.75, 3.05) is 31.1 Å². The Kier molecular flexibility index (Phi) is 6.59. The Labute approximate surface area is 225 Å². The molecule has 1 saturated carbocycles. The van der Waals surface area contributed by atoms with Gasteiger partial charge in [-0.1, -0.05) is 18.9 Å². The van der Waals surface area contributed by atoms with Crippen LogP contribution in [-0.2, 0) is 0 Å². The molecule has 2 aliphatic rings. The monoisotopic (exact) mass is 528 g/mol. The largest absolute Gasteiger partial charge is 0.369 e. The fraction of sp³-hybridized carbons (Fsp3) is 0.429. The second kappa shape index (κ2) is 10.2. The van der Waals surface area contributed by atoms with Crippen molar-refractivity contribution in [3.05, 3.63) is 85.4 Å². The van der Waals surface area contributed by atoms with E-state index >= 15 is 0 Å². The zero-order chi connectivity index (χ0) is 27.1. The van der Waals surface area contributed by atoms with E-state index < -0.39 is 6.04 Å². The SMILES string of the molecule is Cc1cc(C)c2cc([C@@H](c3nnnn3C3CCCC3)N3CCN(c4ccc([N+](=O)[O-])cc4)CC3)c(=O)[nH]c2c1. The van der Waals surface area contributed by atoms with Crippen LogP contribution in [0.3, 0.4) is 0 Å². The molecule has 2 fully saturated rings. The highest BCUT2D eigenvalue weighted by Crippen LogP contribution is 2.35. The van der Waals surface area contributed by atoms with Crippen LogP contribution in [0.5, 0.6) is 0 Å². The number of hydrogen-bond donors (Lipinski definition) is 1. The number of aryl methyl sites for hydroxylation is 2. The third-order valence-electron chi connectivity index (χ3n) is 8.17. The minimum absolute atomic E-state index is 0.0808. The van der Waals surface area contributed by atoms with E-state index in [-0.39, 0.29) is 22.2 Å². The van der Waals surface area contributed by atoms with Gasteiger partial charge in [-0.15, -0.1) is 5.10 Å². The van der Waals surface area contributed by atoms with Crippen LogP contribution < -0.4 is 10.5 Å². The van der Waals surface area contributed by atoms with Crippen LogP contribution in [0.25, 0.3) is 10.9 Å². The number of piperazine rings is 1. The Morgan fingerprint density at radius 1 is 1.03 bits per heavy atom. The number of nitro benzene ring substituents is 1. The number of aromatic amines is 1. The van der Waals surface area contributed by atoms with Crippen molar-refractivity contribution in [3.8, 4) is 0 Å². The molecule has 11 nitrogen and oxygen atoms in total.